The summed E-state index contributed by atoms with van der Waals surface area (Å²) < 4.78 is 63.5. The fraction of sp³-hybridized carbons (Fsp3) is 0.308. The summed E-state index contributed by atoms with van der Waals surface area (Å²) in [5.41, 5.74) is 8.42. The number of nitrogens with zero attached hydrogens (tertiary/aromatic N) is 5. The smallest absolute Gasteiger partial charge is 0.387 e. The highest BCUT2D eigenvalue weighted by Gasteiger charge is 2.45. The van der Waals surface area contributed by atoms with Crippen LogP contribution in [0.15, 0.2) is 42.6 Å². The molecule has 3 aromatic heterocycles. The lowest BCUT2D eigenvalue weighted by Crippen LogP contribution is -2.35. The van der Waals surface area contributed by atoms with Crippen LogP contribution in [0.25, 0.3) is 22.4 Å². The maximum Gasteiger partial charge on any atom is 0.387 e. The third-order valence-electron chi connectivity index (χ3n) is 7.21. The Bertz CT molecular complexity index is 1720. The molecule has 0 saturated heterocycles. The first-order chi connectivity index (χ1) is 18.9. The molecule has 0 aliphatic carbocycles. The average molecular weight is 508 g/mol. The zero-order chi connectivity index (χ0) is 28.1. The Morgan fingerprint density at radius 2 is 2.14 bits per heavy atom. The molecule has 0 spiro atoms. The molecule has 37 heavy (non-hydrogen) atoms. The van der Waals surface area contributed by atoms with Crippen molar-refractivity contribution < 1.29 is 27.2 Å². The average Bonchev–Trinajstić information content (AvgIpc) is 3.49. The van der Waals surface area contributed by atoms with E-state index in [-0.39, 0.29) is 23.3 Å². The Morgan fingerprint density at radius 3 is 2.95 bits per heavy atom. The first-order valence-electron chi connectivity index (χ1n) is 13.2. The summed E-state index contributed by atoms with van der Waals surface area (Å²) in [5.74, 6) is -0.135. The highest BCUT2D eigenvalue weighted by Crippen LogP contribution is 2.50. The molecule has 0 fully saturated rings. The number of aromatic nitrogens is 4. The second-order valence-corrected chi connectivity index (χ2v) is 9.69. The zero-order valence-electron chi connectivity index (χ0n) is 22.5. The molecule has 0 saturated carbocycles. The molecule has 2 N–H and O–H groups in total. The van der Waals surface area contributed by atoms with Crippen molar-refractivity contribution in [3.8, 4) is 22.8 Å². The molecule has 9 nitrogen and oxygen atoms in total. The van der Waals surface area contributed by atoms with Crippen molar-refractivity contribution >= 4 is 17.1 Å². The maximum absolute atomic E-state index is 13.6. The number of carbonyl (C=O) groups excluding carboxylic acids is 1. The van der Waals surface area contributed by atoms with Gasteiger partial charge in [0.2, 0.25) is 0 Å². The van der Waals surface area contributed by atoms with E-state index >= 15 is 0 Å². The molecule has 3 atom stereocenters. The molecule has 2 bridgehead atoms. The van der Waals surface area contributed by atoms with Gasteiger partial charge in [-0.05, 0) is 37.3 Å². The number of rotatable bonds is 3. The molecule has 1 amide bonds. The van der Waals surface area contributed by atoms with Crippen molar-refractivity contribution in [2.24, 2.45) is 5.73 Å². The fourth-order valence-electron chi connectivity index (χ4n) is 5.55. The van der Waals surface area contributed by atoms with Gasteiger partial charge in [0.25, 0.3) is 5.91 Å². The van der Waals surface area contributed by atoms with Crippen molar-refractivity contribution in [2.75, 3.05) is 13.6 Å². The van der Waals surface area contributed by atoms with E-state index in [1.807, 2.05) is 6.92 Å². The number of halogens is 2. The molecule has 0 radical (unpaired) electrons. The molecule has 4 aromatic rings. The topological polar surface area (TPSA) is 108 Å². The van der Waals surface area contributed by atoms with E-state index in [9.17, 15) is 13.6 Å². The van der Waals surface area contributed by atoms with E-state index in [4.69, 9.17) is 24.3 Å². The quantitative estimate of drug-likeness (QED) is 0.450. The number of hydrogen-bond acceptors (Lipinski definition) is 7. The van der Waals surface area contributed by atoms with Crippen LogP contribution in [0, 0.1) is 0 Å². The van der Waals surface area contributed by atoms with E-state index in [1.54, 1.807) is 29.0 Å². The van der Waals surface area contributed by atoms with Crippen LogP contribution in [0.1, 0.15) is 57.0 Å². The van der Waals surface area contributed by atoms with Crippen molar-refractivity contribution in [3.05, 3.63) is 65.2 Å². The number of pyridine rings is 2. The first-order valence-corrected chi connectivity index (χ1v) is 11.7. The Balaban J connectivity index is 1.43. The minimum atomic E-state index is -3.14. The number of imidazole rings is 1. The molecule has 188 valence electrons. The van der Waals surface area contributed by atoms with Gasteiger partial charge in [0.05, 0.1) is 23.3 Å². The second-order valence-electron chi connectivity index (χ2n) is 9.69. The number of ether oxygens (including phenoxy) is 2. The monoisotopic (exact) mass is 507 g/mol. The predicted octanol–water partition coefficient (Wildman–Crippen LogP) is 3.78. The van der Waals surface area contributed by atoms with Gasteiger partial charge in [-0.1, -0.05) is 6.07 Å². The minimum absolute atomic E-state index is 0.0183. The van der Waals surface area contributed by atoms with Crippen molar-refractivity contribution in [3.63, 3.8) is 0 Å². The maximum atomic E-state index is 13.6. The Hall–Kier alpha value is -4.12. The molecule has 0 unspecified atom stereocenters. The van der Waals surface area contributed by atoms with Crippen molar-refractivity contribution in [1.29, 1.82) is 0 Å². The SMILES string of the molecule is [2H]C([2H])([2H])N1C(=O)c2cccc(OC(F)F)c2[C@H]2C[C@@H]1c1nc3ccc(-c4cnc5c(c4)OC[C@@]5(C)N)nc3n12. The van der Waals surface area contributed by atoms with Gasteiger partial charge in [-0.2, -0.15) is 8.78 Å². The molecule has 11 heteroatoms. The molecule has 3 aliphatic rings. The van der Waals surface area contributed by atoms with Crippen molar-refractivity contribution in [2.45, 2.75) is 37.6 Å². The molecule has 6 heterocycles. The van der Waals surface area contributed by atoms with Crippen LogP contribution >= 0.6 is 0 Å². The number of fused-ring (bicyclic) bond motifs is 10. The number of carbonyl (C=O) groups is 1. The first kappa shape index (κ1) is 19.1. The summed E-state index contributed by atoms with van der Waals surface area (Å²) in [5, 5.41) is 0. The standard InChI is InChI=1S/C26H22F2N6O3/c1-26(29)11-36-19-8-12(10-30-21(19)26)14-6-7-15-22(31-14)34-16-9-17(23(34)32-15)33(2)24(35)13-4-3-5-18(20(13)16)37-25(27)28/h3-8,10,16-17,25H,9,11,29H2,1-2H3/t16-,17-,26-/m1/s1/i2D3. The third-order valence-corrected chi connectivity index (χ3v) is 7.21. The zero-order valence-corrected chi connectivity index (χ0v) is 19.5. The lowest BCUT2D eigenvalue weighted by atomic mass is 9.98. The lowest BCUT2D eigenvalue weighted by Gasteiger charge is -2.24. The summed E-state index contributed by atoms with van der Waals surface area (Å²) >= 11 is 0. The molecule has 7 rings (SSSR count). The normalized spacial score (nSPS) is 25.2. The van der Waals surface area contributed by atoms with Gasteiger partial charge >= 0.3 is 6.61 Å². The van der Waals surface area contributed by atoms with Crippen LogP contribution in [-0.4, -0.2) is 50.5 Å². The van der Waals surface area contributed by atoms with Gasteiger partial charge in [-0.3, -0.25) is 9.78 Å². The van der Waals surface area contributed by atoms with Gasteiger partial charge in [-0.25, -0.2) is 9.97 Å². The minimum Gasteiger partial charge on any atom is -0.489 e. The largest absolute Gasteiger partial charge is 0.489 e. The van der Waals surface area contributed by atoms with Gasteiger partial charge < -0.3 is 24.7 Å². The van der Waals surface area contributed by atoms with Crippen LogP contribution < -0.4 is 15.2 Å². The molecular formula is C26H22F2N6O3. The van der Waals surface area contributed by atoms with Crippen molar-refractivity contribution in [1.82, 2.24) is 24.4 Å². The summed E-state index contributed by atoms with van der Waals surface area (Å²) in [6.45, 7) is -3.82. The summed E-state index contributed by atoms with van der Waals surface area (Å²) in [6.07, 6.45) is 1.75. The van der Waals surface area contributed by atoms with Crippen LogP contribution in [0.2, 0.25) is 0 Å². The number of hydrogen-bond donors (Lipinski definition) is 1. The second kappa shape index (κ2) is 7.45. The van der Waals surface area contributed by atoms with Gasteiger partial charge in [-0.15, -0.1) is 0 Å². The molecular weight excluding hydrogens is 482 g/mol. The molecule has 3 aliphatic heterocycles. The Morgan fingerprint density at radius 1 is 1.27 bits per heavy atom. The highest BCUT2D eigenvalue weighted by atomic mass is 19.3. The van der Waals surface area contributed by atoms with E-state index in [1.165, 1.54) is 18.2 Å². The van der Waals surface area contributed by atoms with E-state index in [0.29, 0.717) is 46.3 Å². The van der Waals surface area contributed by atoms with Crippen LogP contribution in [-0.2, 0) is 5.54 Å². The highest BCUT2D eigenvalue weighted by molar-refractivity contribution is 5.97. The predicted molar refractivity (Wildman–Crippen MR) is 128 cm³/mol. The van der Waals surface area contributed by atoms with Gasteiger partial charge in [0.15, 0.2) is 5.65 Å². The van der Waals surface area contributed by atoms with E-state index in [0.717, 1.165) is 4.90 Å². The van der Waals surface area contributed by atoms with Crippen LogP contribution in [0.4, 0.5) is 8.78 Å². The number of amides is 1. The van der Waals surface area contributed by atoms with Gasteiger partial charge in [0.1, 0.15) is 35.1 Å². The Labute approximate surface area is 214 Å². The van der Waals surface area contributed by atoms with Crippen LogP contribution in [0.5, 0.6) is 11.5 Å². The van der Waals surface area contributed by atoms with E-state index < -0.39 is 37.1 Å². The number of alkyl halides is 2. The lowest BCUT2D eigenvalue weighted by molar-refractivity contribution is -0.0507. The third kappa shape index (κ3) is 3.10. The number of benzene rings is 1. The van der Waals surface area contributed by atoms with Crippen LogP contribution in [0.3, 0.4) is 0 Å². The number of nitrogens with two attached hydrogens (primary N) is 1. The molecule has 1 aromatic carbocycles. The van der Waals surface area contributed by atoms with E-state index in [2.05, 4.69) is 9.97 Å². The van der Waals surface area contributed by atoms with Gasteiger partial charge in [0, 0.05) is 40.4 Å². The Kier molecular flexibility index (Phi) is 3.84. The summed E-state index contributed by atoms with van der Waals surface area (Å²) in [6, 6.07) is 7.78. The fourth-order valence-corrected chi connectivity index (χ4v) is 5.55. The summed E-state index contributed by atoms with van der Waals surface area (Å²) in [7, 11) is 0. The summed E-state index contributed by atoms with van der Waals surface area (Å²) in [4.78, 5) is 28.4.